The van der Waals surface area contributed by atoms with Crippen molar-refractivity contribution in [3.05, 3.63) is 12.7 Å². The topological polar surface area (TPSA) is 52.6 Å². The van der Waals surface area contributed by atoms with E-state index in [4.69, 9.17) is 0 Å². The van der Waals surface area contributed by atoms with Crippen LogP contribution in [0.15, 0.2) is 12.7 Å². The van der Waals surface area contributed by atoms with Gasteiger partial charge in [0.2, 0.25) is 5.91 Å². The van der Waals surface area contributed by atoms with Crippen LogP contribution >= 0.6 is 0 Å². The Hall–Kier alpha value is -0.870. The molecule has 1 unspecified atom stereocenters. The Labute approximate surface area is 78.2 Å². The van der Waals surface area contributed by atoms with Gasteiger partial charge in [-0.05, 0) is 6.42 Å². The summed E-state index contributed by atoms with van der Waals surface area (Å²) in [5.41, 5.74) is 0. The Balaban J connectivity index is 2.16. The molecule has 1 heterocycles. The number of aliphatic hydroxyl groups is 1. The minimum atomic E-state index is -0.257. The van der Waals surface area contributed by atoms with Gasteiger partial charge in [0, 0.05) is 19.6 Å². The Morgan fingerprint density at radius 2 is 2.54 bits per heavy atom. The third kappa shape index (κ3) is 3.57. The van der Waals surface area contributed by atoms with E-state index in [2.05, 4.69) is 11.9 Å². The number of β-amino-alcohol motifs (C(OH)–C–C–N with tert-alkyl or cyclic N) is 1. The highest BCUT2D eigenvalue weighted by molar-refractivity contribution is 5.78. The smallest absolute Gasteiger partial charge is 0.234 e. The third-order valence-electron chi connectivity index (χ3n) is 2.06. The first kappa shape index (κ1) is 10.2. The molecule has 1 aliphatic heterocycles. The number of carbonyl (C=O) groups excluding carboxylic acids is 1. The van der Waals surface area contributed by atoms with Crippen LogP contribution < -0.4 is 5.32 Å². The maximum Gasteiger partial charge on any atom is 0.234 e. The van der Waals surface area contributed by atoms with Gasteiger partial charge in [0.15, 0.2) is 0 Å². The normalized spacial score (nSPS) is 23.0. The van der Waals surface area contributed by atoms with Crippen LogP contribution in [-0.2, 0) is 4.79 Å². The molecule has 1 aliphatic rings. The minimum Gasteiger partial charge on any atom is -0.392 e. The zero-order chi connectivity index (χ0) is 9.68. The molecular weight excluding hydrogens is 168 g/mol. The summed E-state index contributed by atoms with van der Waals surface area (Å²) in [6, 6.07) is 0. The highest BCUT2D eigenvalue weighted by Gasteiger charge is 2.21. The van der Waals surface area contributed by atoms with Crippen LogP contribution in [0.25, 0.3) is 0 Å². The largest absolute Gasteiger partial charge is 0.392 e. The van der Waals surface area contributed by atoms with E-state index in [9.17, 15) is 9.90 Å². The van der Waals surface area contributed by atoms with Crippen LogP contribution in [0.3, 0.4) is 0 Å². The Bertz CT molecular complexity index is 194. The quantitative estimate of drug-likeness (QED) is 0.571. The summed E-state index contributed by atoms with van der Waals surface area (Å²) in [6.45, 7) is 5.82. The second-order valence-electron chi connectivity index (χ2n) is 3.27. The standard InChI is InChI=1S/C9H16N2O2/c1-2-4-10-9(13)7-11-5-3-8(12)6-11/h2,8,12H,1,3-7H2,(H,10,13). The average molecular weight is 184 g/mol. The van der Waals surface area contributed by atoms with Gasteiger partial charge in [0.25, 0.3) is 0 Å². The van der Waals surface area contributed by atoms with E-state index >= 15 is 0 Å². The fourth-order valence-corrected chi connectivity index (χ4v) is 1.40. The van der Waals surface area contributed by atoms with Crippen LogP contribution in [0.1, 0.15) is 6.42 Å². The molecule has 1 saturated heterocycles. The van der Waals surface area contributed by atoms with Crippen molar-refractivity contribution in [3.8, 4) is 0 Å². The van der Waals surface area contributed by atoms with Crippen LogP contribution in [0, 0.1) is 0 Å². The van der Waals surface area contributed by atoms with Gasteiger partial charge in [0.1, 0.15) is 0 Å². The van der Waals surface area contributed by atoms with E-state index in [1.54, 1.807) is 6.08 Å². The van der Waals surface area contributed by atoms with Gasteiger partial charge in [0.05, 0.1) is 12.6 Å². The first-order valence-electron chi connectivity index (χ1n) is 4.50. The second-order valence-corrected chi connectivity index (χ2v) is 3.27. The van der Waals surface area contributed by atoms with Crippen LogP contribution in [0.4, 0.5) is 0 Å². The van der Waals surface area contributed by atoms with Gasteiger partial charge in [-0.2, -0.15) is 0 Å². The average Bonchev–Trinajstić information content (AvgIpc) is 2.48. The molecule has 4 nitrogen and oxygen atoms in total. The van der Waals surface area contributed by atoms with E-state index in [0.29, 0.717) is 19.6 Å². The molecule has 1 atom stereocenters. The molecule has 0 saturated carbocycles. The van der Waals surface area contributed by atoms with Gasteiger partial charge in [-0.15, -0.1) is 6.58 Å². The molecule has 13 heavy (non-hydrogen) atoms. The number of aliphatic hydroxyl groups excluding tert-OH is 1. The van der Waals surface area contributed by atoms with Gasteiger partial charge in [-0.1, -0.05) is 6.08 Å². The lowest BCUT2D eigenvalue weighted by Gasteiger charge is -2.13. The number of nitrogens with zero attached hydrogens (tertiary/aromatic N) is 1. The van der Waals surface area contributed by atoms with E-state index in [0.717, 1.165) is 13.0 Å². The summed E-state index contributed by atoms with van der Waals surface area (Å²) in [7, 11) is 0. The Morgan fingerprint density at radius 1 is 1.77 bits per heavy atom. The number of likely N-dealkylation sites (tertiary alicyclic amines) is 1. The first-order chi connectivity index (χ1) is 6.22. The first-order valence-corrected chi connectivity index (χ1v) is 4.50. The maximum absolute atomic E-state index is 11.2. The monoisotopic (exact) mass is 184 g/mol. The number of rotatable bonds is 4. The maximum atomic E-state index is 11.2. The molecule has 0 aromatic heterocycles. The second kappa shape index (κ2) is 4.99. The molecule has 1 amide bonds. The van der Waals surface area contributed by atoms with Crippen molar-refractivity contribution in [1.29, 1.82) is 0 Å². The van der Waals surface area contributed by atoms with Gasteiger partial charge in [-0.25, -0.2) is 0 Å². The molecule has 0 aliphatic carbocycles. The van der Waals surface area contributed by atoms with Crippen molar-refractivity contribution in [2.45, 2.75) is 12.5 Å². The summed E-state index contributed by atoms with van der Waals surface area (Å²) >= 11 is 0. The molecule has 0 bridgehead atoms. The third-order valence-corrected chi connectivity index (χ3v) is 2.06. The lowest BCUT2D eigenvalue weighted by molar-refractivity contribution is -0.121. The van der Waals surface area contributed by atoms with Crippen LogP contribution in [-0.4, -0.2) is 48.2 Å². The number of hydrogen-bond donors (Lipinski definition) is 2. The van der Waals surface area contributed by atoms with Crippen molar-refractivity contribution in [3.63, 3.8) is 0 Å². The number of nitrogens with one attached hydrogen (secondary N) is 1. The molecular formula is C9H16N2O2. The Morgan fingerprint density at radius 3 is 3.08 bits per heavy atom. The molecule has 0 radical (unpaired) electrons. The van der Waals surface area contributed by atoms with Crippen molar-refractivity contribution >= 4 is 5.91 Å². The predicted molar refractivity (Wildman–Crippen MR) is 50.3 cm³/mol. The molecule has 0 aromatic rings. The molecule has 74 valence electrons. The fourth-order valence-electron chi connectivity index (χ4n) is 1.40. The van der Waals surface area contributed by atoms with E-state index in [1.807, 2.05) is 4.90 Å². The zero-order valence-electron chi connectivity index (χ0n) is 7.70. The lowest BCUT2D eigenvalue weighted by atomic mass is 10.3. The summed E-state index contributed by atoms with van der Waals surface area (Å²) in [5, 5.41) is 11.9. The summed E-state index contributed by atoms with van der Waals surface area (Å²) in [5.74, 6) is -0.00556. The molecule has 0 aromatic carbocycles. The summed E-state index contributed by atoms with van der Waals surface area (Å²) in [4.78, 5) is 13.1. The zero-order valence-corrected chi connectivity index (χ0v) is 7.70. The number of hydrogen-bond acceptors (Lipinski definition) is 3. The summed E-state index contributed by atoms with van der Waals surface area (Å²) in [6.07, 6.45) is 2.16. The lowest BCUT2D eigenvalue weighted by Crippen LogP contribution is -2.36. The van der Waals surface area contributed by atoms with Gasteiger partial charge < -0.3 is 10.4 Å². The highest BCUT2D eigenvalue weighted by atomic mass is 16.3. The van der Waals surface area contributed by atoms with Crippen molar-refractivity contribution < 1.29 is 9.90 Å². The van der Waals surface area contributed by atoms with Crippen LogP contribution in [0.5, 0.6) is 0 Å². The minimum absolute atomic E-state index is 0.00556. The molecule has 1 rings (SSSR count). The van der Waals surface area contributed by atoms with Gasteiger partial charge >= 0.3 is 0 Å². The molecule has 1 fully saturated rings. The van der Waals surface area contributed by atoms with Crippen molar-refractivity contribution in [2.24, 2.45) is 0 Å². The predicted octanol–water partition coefficient (Wildman–Crippen LogP) is -0.645. The van der Waals surface area contributed by atoms with E-state index < -0.39 is 0 Å². The van der Waals surface area contributed by atoms with Crippen molar-refractivity contribution in [1.82, 2.24) is 10.2 Å². The van der Waals surface area contributed by atoms with Crippen LogP contribution in [0.2, 0.25) is 0 Å². The Kier molecular flexibility index (Phi) is 3.92. The van der Waals surface area contributed by atoms with Gasteiger partial charge in [-0.3, -0.25) is 9.69 Å². The molecule has 4 heteroatoms. The van der Waals surface area contributed by atoms with E-state index in [-0.39, 0.29) is 12.0 Å². The fraction of sp³-hybridized carbons (Fsp3) is 0.667. The highest BCUT2D eigenvalue weighted by Crippen LogP contribution is 2.07. The number of amides is 1. The van der Waals surface area contributed by atoms with Crippen molar-refractivity contribution in [2.75, 3.05) is 26.2 Å². The number of carbonyl (C=O) groups is 1. The SMILES string of the molecule is C=CCNC(=O)CN1CCC(O)C1. The molecule has 0 spiro atoms. The molecule has 2 N–H and O–H groups in total. The van der Waals surface area contributed by atoms with E-state index in [1.165, 1.54) is 0 Å². The summed E-state index contributed by atoms with van der Waals surface area (Å²) < 4.78 is 0.